The van der Waals surface area contributed by atoms with E-state index in [2.05, 4.69) is 27.7 Å². The molecule has 17 heavy (non-hydrogen) atoms. The molecule has 0 aromatic carbocycles. The lowest BCUT2D eigenvalue weighted by atomic mass is 9.58. The molecule has 0 unspecified atom stereocenters. The number of carbonyl (C=O) groups is 1. The van der Waals surface area contributed by atoms with Crippen molar-refractivity contribution in [3.8, 4) is 0 Å². The molecule has 1 fully saturated rings. The lowest BCUT2D eigenvalue weighted by molar-refractivity contribution is -0.151. The molecule has 98 valence electrons. The number of hydrogen-bond acceptors (Lipinski definition) is 2. The maximum Gasteiger partial charge on any atom is 0.308 e. The van der Waals surface area contributed by atoms with Gasteiger partial charge in [-0.3, -0.25) is 4.79 Å². The number of rotatable bonds is 4. The Labute approximate surface area is 105 Å². The molecule has 1 aliphatic carbocycles. The van der Waals surface area contributed by atoms with Gasteiger partial charge in [-0.2, -0.15) is 0 Å². The predicted octanol–water partition coefficient (Wildman–Crippen LogP) is 3.96. The second-order valence-corrected chi connectivity index (χ2v) is 6.04. The molecule has 0 heterocycles. The Hall–Kier alpha value is -0.790. The van der Waals surface area contributed by atoms with Gasteiger partial charge >= 0.3 is 5.97 Å². The second kappa shape index (κ2) is 5.24. The molecule has 1 rings (SSSR count). The van der Waals surface area contributed by atoms with Crippen LogP contribution in [0.2, 0.25) is 0 Å². The summed E-state index contributed by atoms with van der Waals surface area (Å²) in [4.78, 5) is 11.6. The van der Waals surface area contributed by atoms with Gasteiger partial charge in [0.05, 0.1) is 12.5 Å². The standard InChI is InChI=1S/C15H26O2/c1-7-11(4)14(16)17-9-12-8-13(10(2)3)15(12,5)6/h11-12H,7-9H2,1-6H3/t11-,12+/m0/s1. The number of allylic oxidation sites excluding steroid dienone is 2. The van der Waals surface area contributed by atoms with Crippen molar-refractivity contribution in [2.75, 3.05) is 6.61 Å². The number of hydrogen-bond donors (Lipinski definition) is 0. The fourth-order valence-electron chi connectivity index (χ4n) is 2.49. The van der Waals surface area contributed by atoms with E-state index >= 15 is 0 Å². The molecule has 0 bridgehead atoms. The van der Waals surface area contributed by atoms with E-state index in [-0.39, 0.29) is 17.3 Å². The van der Waals surface area contributed by atoms with Crippen LogP contribution in [0.5, 0.6) is 0 Å². The van der Waals surface area contributed by atoms with Gasteiger partial charge < -0.3 is 4.74 Å². The topological polar surface area (TPSA) is 26.3 Å². The van der Waals surface area contributed by atoms with Crippen LogP contribution in [-0.4, -0.2) is 12.6 Å². The summed E-state index contributed by atoms with van der Waals surface area (Å²) in [6.45, 7) is 13.3. The minimum atomic E-state index is -0.0473. The normalized spacial score (nSPS) is 23.9. The van der Waals surface area contributed by atoms with Crippen molar-refractivity contribution in [1.82, 2.24) is 0 Å². The quantitative estimate of drug-likeness (QED) is 0.547. The molecule has 0 aliphatic heterocycles. The molecule has 1 aliphatic rings. The van der Waals surface area contributed by atoms with Crippen LogP contribution in [0.1, 0.15) is 54.4 Å². The molecule has 0 aromatic rings. The van der Waals surface area contributed by atoms with E-state index < -0.39 is 0 Å². The Bertz CT molecular complexity index is 322. The van der Waals surface area contributed by atoms with Gasteiger partial charge in [0, 0.05) is 5.92 Å². The molecule has 0 amide bonds. The summed E-state index contributed by atoms with van der Waals surface area (Å²) >= 11 is 0. The highest BCUT2D eigenvalue weighted by Crippen LogP contribution is 2.52. The van der Waals surface area contributed by atoms with Gasteiger partial charge in [0.2, 0.25) is 0 Å². The van der Waals surface area contributed by atoms with Crippen molar-refractivity contribution in [3.05, 3.63) is 11.1 Å². The van der Waals surface area contributed by atoms with E-state index in [4.69, 9.17) is 4.74 Å². The van der Waals surface area contributed by atoms with Crippen molar-refractivity contribution in [2.45, 2.75) is 54.4 Å². The molecule has 0 radical (unpaired) electrons. The van der Waals surface area contributed by atoms with Gasteiger partial charge in [-0.25, -0.2) is 0 Å². The Morgan fingerprint density at radius 1 is 1.47 bits per heavy atom. The first kappa shape index (κ1) is 14.3. The SMILES string of the molecule is CC[C@H](C)C(=O)OC[C@H]1CC(=C(C)C)C1(C)C. The third kappa shape index (κ3) is 2.91. The molecule has 0 saturated heterocycles. The minimum absolute atomic E-state index is 0.0288. The van der Waals surface area contributed by atoms with Crippen LogP contribution in [-0.2, 0) is 9.53 Å². The monoisotopic (exact) mass is 238 g/mol. The molecular weight excluding hydrogens is 212 g/mol. The van der Waals surface area contributed by atoms with Gasteiger partial charge in [-0.1, -0.05) is 38.8 Å². The second-order valence-electron chi connectivity index (χ2n) is 6.04. The van der Waals surface area contributed by atoms with Crippen LogP contribution in [0.4, 0.5) is 0 Å². The van der Waals surface area contributed by atoms with Crippen molar-refractivity contribution < 1.29 is 9.53 Å². The first-order chi connectivity index (χ1) is 7.80. The van der Waals surface area contributed by atoms with E-state index in [0.29, 0.717) is 12.5 Å². The summed E-state index contributed by atoms with van der Waals surface area (Å²) in [6, 6.07) is 0. The molecular formula is C15H26O2. The van der Waals surface area contributed by atoms with Crippen LogP contribution in [0.25, 0.3) is 0 Å². The predicted molar refractivity (Wildman–Crippen MR) is 70.7 cm³/mol. The highest BCUT2D eigenvalue weighted by molar-refractivity contribution is 5.71. The van der Waals surface area contributed by atoms with Crippen molar-refractivity contribution in [3.63, 3.8) is 0 Å². The van der Waals surface area contributed by atoms with E-state index in [9.17, 15) is 4.79 Å². The molecule has 0 spiro atoms. The van der Waals surface area contributed by atoms with Gasteiger partial charge in [-0.05, 0) is 32.1 Å². The minimum Gasteiger partial charge on any atom is -0.465 e. The Morgan fingerprint density at radius 2 is 2.06 bits per heavy atom. The van der Waals surface area contributed by atoms with E-state index in [0.717, 1.165) is 12.8 Å². The van der Waals surface area contributed by atoms with E-state index in [1.165, 1.54) is 11.1 Å². The first-order valence-electron chi connectivity index (χ1n) is 6.64. The fourth-order valence-corrected chi connectivity index (χ4v) is 2.49. The van der Waals surface area contributed by atoms with Gasteiger partial charge in [-0.15, -0.1) is 0 Å². The zero-order chi connectivity index (χ0) is 13.2. The number of carbonyl (C=O) groups excluding carboxylic acids is 1. The molecule has 2 heteroatoms. The maximum atomic E-state index is 11.6. The highest BCUT2D eigenvalue weighted by atomic mass is 16.5. The largest absolute Gasteiger partial charge is 0.465 e. The molecule has 2 atom stereocenters. The van der Waals surface area contributed by atoms with Gasteiger partial charge in [0.15, 0.2) is 0 Å². The average Bonchev–Trinajstić information content (AvgIpc) is 2.25. The van der Waals surface area contributed by atoms with E-state index in [1.807, 2.05) is 13.8 Å². The van der Waals surface area contributed by atoms with Crippen LogP contribution in [0.15, 0.2) is 11.1 Å². The fraction of sp³-hybridized carbons (Fsp3) is 0.800. The summed E-state index contributed by atoms with van der Waals surface area (Å²) in [6.07, 6.45) is 1.94. The average molecular weight is 238 g/mol. The molecule has 0 aromatic heterocycles. The summed E-state index contributed by atoms with van der Waals surface area (Å²) < 4.78 is 5.40. The van der Waals surface area contributed by atoms with Crippen LogP contribution < -0.4 is 0 Å². The van der Waals surface area contributed by atoms with Crippen LogP contribution >= 0.6 is 0 Å². The van der Waals surface area contributed by atoms with Crippen molar-refractivity contribution in [1.29, 1.82) is 0 Å². The zero-order valence-electron chi connectivity index (χ0n) is 12.1. The van der Waals surface area contributed by atoms with E-state index in [1.54, 1.807) is 0 Å². The van der Waals surface area contributed by atoms with Crippen LogP contribution in [0.3, 0.4) is 0 Å². The number of esters is 1. The first-order valence-corrected chi connectivity index (χ1v) is 6.64. The van der Waals surface area contributed by atoms with Gasteiger partial charge in [0.1, 0.15) is 0 Å². The Balaban J connectivity index is 2.47. The summed E-state index contributed by atoms with van der Waals surface area (Å²) in [7, 11) is 0. The van der Waals surface area contributed by atoms with Crippen molar-refractivity contribution >= 4 is 5.97 Å². The third-order valence-electron chi connectivity index (χ3n) is 4.29. The smallest absolute Gasteiger partial charge is 0.308 e. The number of ether oxygens (including phenoxy) is 1. The highest BCUT2D eigenvalue weighted by Gasteiger charge is 2.44. The zero-order valence-corrected chi connectivity index (χ0v) is 12.1. The summed E-state index contributed by atoms with van der Waals surface area (Å²) in [5.41, 5.74) is 3.15. The lowest BCUT2D eigenvalue weighted by Gasteiger charge is -2.48. The molecule has 0 N–H and O–H groups in total. The summed E-state index contributed by atoms with van der Waals surface area (Å²) in [5, 5.41) is 0. The lowest BCUT2D eigenvalue weighted by Crippen LogP contribution is -2.41. The maximum absolute atomic E-state index is 11.6. The Kier molecular flexibility index (Phi) is 4.40. The summed E-state index contributed by atoms with van der Waals surface area (Å²) in [5.74, 6) is 0.468. The molecule has 1 saturated carbocycles. The Morgan fingerprint density at radius 3 is 2.47 bits per heavy atom. The van der Waals surface area contributed by atoms with Crippen molar-refractivity contribution in [2.24, 2.45) is 17.3 Å². The molecule has 2 nitrogen and oxygen atoms in total. The van der Waals surface area contributed by atoms with Gasteiger partial charge in [0.25, 0.3) is 0 Å². The third-order valence-corrected chi connectivity index (χ3v) is 4.29. The van der Waals surface area contributed by atoms with Crippen LogP contribution in [0, 0.1) is 17.3 Å².